The SMILES string of the molecule is CCc1oc(C=O)cc1C(=O)OC. The first-order valence-corrected chi connectivity index (χ1v) is 3.89. The summed E-state index contributed by atoms with van der Waals surface area (Å²) in [6.45, 7) is 1.83. The fourth-order valence-corrected chi connectivity index (χ4v) is 1.05. The lowest BCUT2D eigenvalue weighted by Crippen LogP contribution is -2.02. The predicted octanol–water partition coefficient (Wildman–Crippen LogP) is 1.44. The summed E-state index contributed by atoms with van der Waals surface area (Å²) < 4.78 is 9.59. The van der Waals surface area contributed by atoms with E-state index in [1.54, 1.807) is 0 Å². The first-order chi connectivity index (χ1) is 6.22. The molecule has 0 aromatic carbocycles. The Morgan fingerprint density at radius 3 is 2.85 bits per heavy atom. The van der Waals surface area contributed by atoms with Crippen LogP contribution in [-0.2, 0) is 11.2 Å². The second kappa shape index (κ2) is 3.89. The third-order valence-corrected chi connectivity index (χ3v) is 1.67. The summed E-state index contributed by atoms with van der Waals surface area (Å²) in [5.41, 5.74) is 0.326. The molecule has 0 N–H and O–H groups in total. The number of methoxy groups -OCH3 is 1. The molecule has 0 saturated carbocycles. The van der Waals surface area contributed by atoms with Crippen molar-refractivity contribution in [3.05, 3.63) is 23.2 Å². The van der Waals surface area contributed by atoms with Gasteiger partial charge in [-0.3, -0.25) is 4.79 Å². The number of hydrogen-bond donors (Lipinski definition) is 0. The van der Waals surface area contributed by atoms with Gasteiger partial charge in [0, 0.05) is 12.5 Å². The van der Waals surface area contributed by atoms with E-state index in [9.17, 15) is 9.59 Å². The average Bonchev–Trinajstić information content (AvgIpc) is 2.59. The first-order valence-electron chi connectivity index (χ1n) is 3.89. The van der Waals surface area contributed by atoms with E-state index in [1.165, 1.54) is 13.2 Å². The minimum atomic E-state index is -0.478. The van der Waals surface area contributed by atoms with Crippen molar-refractivity contribution in [2.75, 3.05) is 7.11 Å². The summed E-state index contributed by atoms with van der Waals surface area (Å²) in [6.07, 6.45) is 1.11. The molecular formula is C9H10O4. The monoisotopic (exact) mass is 182 g/mol. The number of ether oxygens (including phenoxy) is 1. The van der Waals surface area contributed by atoms with Crippen molar-refractivity contribution in [2.45, 2.75) is 13.3 Å². The molecule has 0 aliphatic carbocycles. The van der Waals surface area contributed by atoms with Crippen molar-refractivity contribution in [2.24, 2.45) is 0 Å². The fraction of sp³-hybridized carbons (Fsp3) is 0.333. The number of hydrogen-bond acceptors (Lipinski definition) is 4. The minimum absolute atomic E-state index is 0.150. The Labute approximate surface area is 75.5 Å². The molecule has 0 saturated heterocycles. The van der Waals surface area contributed by atoms with Crippen molar-refractivity contribution < 1.29 is 18.7 Å². The molecule has 4 nitrogen and oxygen atoms in total. The molecule has 1 aromatic rings. The molecule has 0 amide bonds. The van der Waals surface area contributed by atoms with Crippen LogP contribution in [-0.4, -0.2) is 19.4 Å². The van der Waals surface area contributed by atoms with Gasteiger partial charge in [-0.05, 0) is 0 Å². The van der Waals surface area contributed by atoms with Crippen LogP contribution < -0.4 is 0 Å². The number of carbonyl (C=O) groups is 2. The highest BCUT2D eigenvalue weighted by molar-refractivity contribution is 5.92. The quantitative estimate of drug-likeness (QED) is 0.524. The van der Waals surface area contributed by atoms with E-state index in [0.717, 1.165) is 0 Å². The van der Waals surface area contributed by atoms with Crippen LogP contribution in [0.2, 0.25) is 0 Å². The average molecular weight is 182 g/mol. The van der Waals surface area contributed by atoms with Crippen LogP contribution in [0.3, 0.4) is 0 Å². The third kappa shape index (κ3) is 1.77. The second-order valence-electron chi connectivity index (χ2n) is 2.45. The largest absolute Gasteiger partial charge is 0.465 e. The van der Waals surface area contributed by atoms with Crippen molar-refractivity contribution >= 4 is 12.3 Å². The number of carbonyl (C=O) groups excluding carboxylic acids is 2. The van der Waals surface area contributed by atoms with E-state index in [2.05, 4.69) is 4.74 Å². The Morgan fingerprint density at radius 2 is 2.38 bits per heavy atom. The van der Waals surface area contributed by atoms with E-state index >= 15 is 0 Å². The lowest BCUT2D eigenvalue weighted by molar-refractivity contribution is 0.0598. The van der Waals surface area contributed by atoms with Crippen molar-refractivity contribution in [3.8, 4) is 0 Å². The molecule has 4 heteroatoms. The topological polar surface area (TPSA) is 56.5 Å². The van der Waals surface area contributed by atoms with E-state index < -0.39 is 5.97 Å². The van der Waals surface area contributed by atoms with Crippen LogP contribution in [0.4, 0.5) is 0 Å². The lowest BCUT2D eigenvalue weighted by Gasteiger charge is -1.95. The van der Waals surface area contributed by atoms with Gasteiger partial charge in [-0.2, -0.15) is 0 Å². The van der Waals surface area contributed by atoms with E-state index in [-0.39, 0.29) is 5.76 Å². The standard InChI is InChI=1S/C9H10O4/c1-3-8-7(9(11)12-2)4-6(5-10)13-8/h4-5H,3H2,1-2H3. The maximum absolute atomic E-state index is 11.1. The summed E-state index contributed by atoms with van der Waals surface area (Å²) in [5, 5.41) is 0. The number of furan rings is 1. The Kier molecular flexibility index (Phi) is 2.84. The lowest BCUT2D eigenvalue weighted by atomic mass is 10.2. The van der Waals surface area contributed by atoms with Gasteiger partial charge in [0.05, 0.1) is 7.11 Å². The summed E-state index contributed by atoms with van der Waals surface area (Å²) in [5.74, 6) is 0.153. The summed E-state index contributed by atoms with van der Waals surface area (Å²) in [4.78, 5) is 21.5. The molecule has 13 heavy (non-hydrogen) atoms. The molecule has 0 radical (unpaired) electrons. The zero-order valence-electron chi connectivity index (χ0n) is 7.49. The zero-order chi connectivity index (χ0) is 9.84. The molecule has 1 aromatic heterocycles. The van der Waals surface area contributed by atoms with Crippen LogP contribution in [0.25, 0.3) is 0 Å². The number of rotatable bonds is 3. The van der Waals surface area contributed by atoms with Gasteiger partial charge in [0.15, 0.2) is 12.0 Å². The maximum Gasteiger partial charge on any atom is 0.341 e. The molecule has 70 valence electrons. The van der Waals surface area contributed by atoms with Gasteiger partial charge in [-0.1, -0.05) is 6.92 Å². The smallest absolute Gasteiger partial charge is 0.341 e. The van der Waals surface area contributed by atoms with Crippen molar-refractivity contribution in [3.63, 3.8) is 0 Å². The van der Waals surface area contributed by atoms with Crippen molar-refractivity contribution in [1.29, 1.82) is 0 Å². The highest BCUT2D eigenvalue weighted by Crippen LogP contribution is 2.15. The van der Waals surface area contributed by atoms with E-state index in [0.29, 0.717) is 24.0 Å². The molecule has 0 aliphatic heterocycles. The van der Waals surface area contributed by atoms with Crippen LogP contribution in [0.15, 0.2) is 10.5 Å². The van der Waals surface area contributed by atoms with Gasteiger partial charge in [-0.25, -0.2) is 4.79 Å². The third-order valence-electron chi connectivity index (χ3n) is 1.67. The van der Waals surface area contributed by atoms with Crippen LogP contribution >= 0.6 is 0 Å². The molecule has 0 bridgehead atoms. The Morgan fingerprint density at radius 1 is 1.69 bits per heavy atom. The van der Waals surface area contributed by atoms with Gasteiger partial charge in [0.25, 0.3) is 0 Å². The molecule has 1 rings (SSSR count). The second-order valence-corrected chi connectivity index (χ2v) is 2.45. The van der Waals surface area contributed by atoms with Gasteiger partial charge in [-0.15, -0.1) is 0 Å². The van der Waals surface area contributed by atoms with Crippen molar-refractivity contribution in [1.82, 2.24) is 0 Å². The van der Waals surface area contributed by atoms with Crippen LogP contribution in [0.1, 0.15) is 33.6 Å². The summed E-state index contributed by atoms with van der Waals surface area (Å²) >= 11 is 0. The molecule has 0 spiro atoms. The molecular weight excluding hydrogens is 172 g/mol. The predicted molar refractivity (Wildman–Crippen MR) is 44.8 cm³/mol. The fourth-order valence-electron chi connectivity index (χ4n) is 1.05. The maximum atomic E-state index is 11.1. The molecule has 0 aliphatic rings. The molecule has 1 heterocycles. The highest BCUT2D eigenvalue weighted by atomic mass is 16.5. The van der Waals surface area contributed by atoms with Gasteiger partial charge >= 0.3 is 5.97 Å². The number of aldehydes is 1. The Balaban J connectivity index is 3.10. The zero-order valence-corrected chi connectivity index (χ0v) is 7.49. The van der Waals surface area contributed by atoms with E-state index in [4.69, 9.17) is 4.42 Å². The highest BCUT2D eigenvalue weighted by Gasteiger charge is 2.16. The minimum Gasteiger partial charge on any atom is -0.465 e. The van der Waals surface area contributed by atoms with Crippen LogP contribution in [0, 0.1) is 0 Å². The van der Waals surface area contributed by atoms with Gasteiger partial charge in [0.2, 0.25) is 0 Å². The van der Waals surface area contributed by atoms with Gasteiger partial charge < -0.3 is 9.15 Å². The Bertz CT molecular complexity index is 324. The van der Waals surface area contributed by atoms with Crippen LogP contribution in [0.5, 0.6) is 0 Å². The van der Waals surface area contributed by atoms with E-state index in [1.807, 2.05) is 6.92 Å². The molecule has 0 atom stereocenters. The summed E-state index contributed by atoms with van der Waals surface area (Å²) in [7, 11) is 1.29. The number of esters is 1. The first kappa shape index (κ1) is 9.51. The normalized spacial score (nSPS) is 9.69. The Hall–Kier alpha value is -1.58. The van der Waals surface area contributed by atoms with Gasteiger partial charge in [0.1, 0.15) is 11.3 Å². The summed E-state index contributed by atoms with van der Waals surface area (Å²) in [6, 6.07) is 1.39. The number of aryl methyl sites for hydroxylation is 1. The molecule has 0 fully saturated rings. The molecule has 0 unspecified atom stereocenters.